The van der Waals surface area contributed by atoms with Gasteiger partial charge in [-0.15, -0.1) is 0 Å². The lowest BCUT2D eigenvalue weighted by Gasteiger charge is -2.43. The average molecular weight is 290 g/mol. The molecule has 1 aromatic carbocycles. The first-order valence-electron chi connectivity index (χ1n) is 8.29. The Kier molecular flexibility index (Phi) is 5.11. The summed E-state index contributed by atoms with van der Waals surface area (Å²) in [7, 11) is 0. The molecule has 1 N–H and O–H groups in total. The van der Waals surface area contributed by atoms with Gasteiger partial charge in [-0.3, -0.25) is 0 Å². The Morgan fingerprint density at radius 3 is 2.52 bits per heavy atom. The third-order valence-electron chi connectivity index (χ3n) is 5.10. The van der Waals surface area contributed by atoms with Crippen LogP contribution in [0.2, 0.25) is 0 Å². The molecule has 118 valence electrons. The van der Waals surface area contributed by atoms with Crippen LogP contribution in [0.25, 0.3) is 0 Å². The molecule has 1 saturated carbocycles. The van der Waals surface area contributed by atoms with Gasteiger partial charge in [0, 0.05) is 6.61 Å². The van der Waals surface area contributed by atoms with E-state index in [1.807, 2.05) is 6.92 Å². The van der Waals surface area contributed by atoms with Crippen molar-refractivity contribution in [1.82, 2.24) is 0 Å². The molecular formula is C19H30O2. The number of hydrogen-bond donors (Lipinski definition) is 1. The van der Waals surface area contributed by atoms with Crippen molar-refractivity contribution in [2.45, 2.75) is 72.0 Å². The Balaban J connectivity index is 2.38. The van der Waals surface area contributed by atoms with E-state index in [2.05, 4.69) is 39.8 Å². The Bertz CT molecular complexity index is 491. The number of rotatable bonds is 4. The first kappa shape index (κ1) is 16.5. The van der Waals surface area contributed by atoms with Crippen LogP contribution in [0.1, 0.15) is 67.9 Å². The normalized spacial score (nSPS) is 27.6. The summed E-state index contributed by atoms with van der Waals surface area (Å²) in [6, 6.07) is 4.33. The van der Waals surface area contributed by atoms with E-state index in [0.717, 1.165) is 24.8 Å². The van der Waals surface area contributed by atoms with Crippen molar-refractivity contribution in [3.63, 3.8) is 0 Å². The second-order valence-electron chi connectivity index (χ2n) is 6.89. The molecule has 1 aliphatic rings. The molecule has 0 saturated heterocycles. The largest absolute Gasteiger partial charge is 0.385 e. The fourth-order valence-corrected chi connectivity index (χ4v) is 3.85. The van der Waals surface area contributed by atoms with Gasteiger partial charge in [0.05, 0.1) is 5.60 Å². The smallest absolute Gasteiger partial charge is 0.108 e. The zero-order chi connectivity index (χ0) is 15.6. The van der Waals surface area contributed by atoms with Crippen molar-refractivity contribution in [3.8, 4) is 0 Å². The average Bonchev–Trinajstić information content (AvgIpc) is 2.42. The SMILES string of the molecule is CCOC1(C(O)c2cc(C)c(C)cc2C)CCCC(C)C1. The topological polar surface area (TPSA) is 29.5 Å². The van der Waals surface area contributed by atoms with Gasteiger partial charge in [0.25, 0.3) is 0 Å². The van der Waals surface area contributed by atoms with Gasteiger partial charge in [0.15, 0.2) is 0 Å². The van der Waals surface area contributed by atoms with Crippen LogP contribution in [0.4, 0.5) is 0 Å². The lowest BCUT2D eigenvalue weighted by Crippen LogP contribution is -2.43. The summed E-state index contributed by atoms with van der Waals surface area (Å²) in [6.07, 6.45) is 3.77. The van der Waals surface area contributed by atoms with Gasteiger partial charge in [-0.1, -0.05) is 31.9 Å². The highest BCUT2D eigenvalue weighted by Gasteiger charge is 2.43. The van der Waals surface area contributed by atoms with Crippen LogP contribution in [0.3, 0.4) is 0 Å². The lowest BCUT2D eigenvalue weighted by molar-refractivity contribution is -0.150. The van der Waals surface area contributed by atoms with E-state index in [1.54, 1.807) is 0 Å². The third-order valence-corrected chi connectivity index (χ3v) is 5.10. The molecule has 1 fully saturated rings. The van der Waals surface area contributed by atoms with Crippen molar-refractivity contribution < 1.29 is 9.84 Å². The van der Waals surface area contributed by atoms with Gasteiger partial charge >= 0.3 is 0 Å². The van der Waals surface area contributed by atoms with Crippen LogP contribution < -0.4 is 0 Å². The van der Waals surface area contributed by atoms with Gasteiger partial charge in [-0.2, -0.15) is 0 Å². The predicted molar refractivity (Wildman–Crippen MR) is 87.6 cm³/mol. The minimum absolute atomic E-state index is 0.404. The molecule has 0 radical (unpaired) electrons. The molecule has 0 heterocycles. The quantitative estimate of drug-likeness (QED) is 0.876. The molecule has 2 rings (SSSR count). The molecular weight excluding hydrogens is 260 g/mol. The number of hydrogen-bond acceptors (Lipinski definition) is 2. The molecule has 0 amide bonds. The zero-order valence-electron chi connectivity index (χ0n) is 14.2. The van der Waals surface area contributed by atoms with Crippen molar-refractivity contribution in [2.75, 3.05) is 6.61 Å². The van der Waals surface area contributed by atoms with E-state index in [0.29, 0.717) is 12.5 Å². The van der Waals surface area contributed by atoms with E-state index < -0.39 is 11.7 Å². The summed E-state index contributed by atoms with van der Waals surface area (Å²) < 4.78 is 6.13. The lowest BCUT2D eigenvalue weighted by atomic mass is 9.73. The van der Waals surface area contributed by atoms with Gasteiger partial charge in [-0.25, -0.2) is 0 Å². The van der Waals surface area contributed by atoms with Crippen LogP contribution in [0, 0.1) is 26.7 Å². The first-order valence-corrected chi connectivity index (χ1v) is 8.29. The summed E-state index contributed by atoms with van der Waals surface area (Å²) in [4.78, 5) is 0. The van der Waals surface area contributed by atoms with Gasteiger partial charge in [0.2, 0.25) is 0 Å². The molecule has 2 nitrogen and oxygen atoms in total. The number of ether oxygens (including phenoxy) is 1. The van der Waals surface area contributed by atoms with Crippen molar-refractivity contribution in [1.29, 1.82) is 0 Å². The van der Waals surface area contributed by atoms with Crippen LogP contribution in [-0.2, 0) is 4.74 Å². The minimum atomic E-state index is -0.528. The molecule has 0 aromatic heterocycles. The van der Waals surface area contributed by atoms with Crippen LogP contribution >= 0.6 is 0 Å². The molecule has 0 bridgehead atoms. The maximum atomic E-state index is 11.1. The molecule has 0 spiro atoms. The van der Waals surface area contributed by atoms with Gasteiger partial charge < -0.3 is 9.84 Å². The van der Waals surface area contributed by atoms with Gasteiger partial charge in [-0.05, 0) is 68.7 Å². The van der Waals surface area contributed by atoms with E-state index >= 15 is 0 Å². The van der Waals surface area contributed by atoms with Crippen LogP contribution in [0.15, 0.2) is 12.1 Å². The summed E-state index contributed by atoms with van der Waals surface area (Å²) in [6.45, 7) is 11.3. The Morgan fingerprint density at radius 2 is 1.90 bits per heavy atom. The molecule has 1 aliphatic carbocycles. The molecule has 0 aliphatic heterocycles. The number of benzene rings is 1. The van der Waals surface area contributed by atoms with Gasteiger partial charge in [0.1, 0.15) is 6.10 Å². The second-order valence-corrected chi connectivity index (χ2v) is 6.89. The van der Waals surface area contributed by atoms with E-state index in [9.17, 15) is 5.11 Å². The molecule has 2 heteroatoms. The number of aryl methyl sites for hydroxylation is 3. The number of aliphatic hydroxyl groups is 1. The Morgan fingerprint density at radius 1 is 1.24 bits per heavy atom. The highest BCUT2D eigenvalue weighted by Crippen LogP contribution is 2.44. The maximum absolute atomic E-state index is 11.1. The predicted octanol–water partition coefficient (Wildman–Crippen LogP) is 4.63. The highest BCUT2D eigenvalue weighted by molar-refractivity contribution is 5.38. The summed E-state index contributed by atoms with van der Waals surface area (Å²) >= 11 is 0. The monoisotopic (exact) mass is 290 g/mol. The Hall–Kier alpha value is -0.860. The Labute approximate surface area is 129 Å². The van der Waals surface area contributed by atoms with E-state index in [-0.39, 0.29) is 0 Å². The number of aliphatic hydroxyl groups excluding tert-OH is 1. The third kappa shape index (κ3) is 3.32. The van der Waals surface area contributed by atoms with E-state index in [1.165, 1.54) is 23.1 Å². The standard InChI is InChI=1S/C19H30O2/c1-6-21-19(9-7-8-13(2)12-19)18(20)17-11-15(4)14(3)10-16(17)5/h10-11,13,18,20H,6-9,12H2,1-5H3. The maximum Gasteiger partial charge on any atom is 0.108 e. The first-order chi connectivity index (χ1) is 9.89. The molecule has 3 atom stereocenters. The van der Waals surface area contributed by atoms with Crippen LogP contribution in [-0.4, -0.2) is 17.3 Å². The van der Waals surface area contributed by atoms with Crippen molar-refractivity contribution >= 4 is 0 Å². The second kappa shape index (κ2) is 6.50. The zero-order valence-corrected chi connectivity index (χ0v) is 14.2. The van der Waals surface area contributed by atoms with Crippen molar-refractivity contribution in [2.24, 2.45) is 5.92 Å². The van der Waals surface area contributed by atoms with Crippen molar-refractivity contribution in [3.05, 3.63) is 34.4 Å². The fourth-order valence-electron chi connectivity index (χ4n) is 3.85. The molecule has 1 aromatic rings. The van der Waals surface area contributed by atoms with E-state index in [4.69, 9.17) is 4.74 Å². The highest BCUT2D eigenvalue weighted by atomic mass is 16.5. The summed E-state index contributed by atoms with van der Waals surface area (Å²) in [5.74, 6) is 0.617. The van der Waals surface area contributed by atoms with Crippen LogP contribution in [0.5, 0.6) is 0 Å². The minimum Gasteiger partial charge on any atom is -0.385 e. The summed E-state index contributed by atoms with van der Waals surface area (Å²) in [5.41, 5.74) is 4.33. The molecule has 3 unspecified atom stereocenters. The summed E-state index contributed by atoms with van der Waals surface area (Å²) in [5, 5.41) is 11.1. The molecule has 21 heavy (non-hydrogen) atoms. The fraction of sp³-hybridized carbons (Fsp3) is 0.684.